The van der Waals surface area contributed by atoms with Crippen LogP contribution < -0.4 is 5.32 Å². The van der Waals surface area contributed by atoms with E-state index >= 15 is 0 Å². The summed E-state index contributed by atoms with van der Waals surface area (Å²) in [5.41, 5.74) is 2.03. The van der Waals surface area contributed by atoms with Crippen molar-refractivity contribution in [2.24, 2.45) is 4.76 Å². The fourth-order valence-electron chi connectivity index (χ4n) is 1.30. The van der Waals surface area contributed by atoms with Gasteiger partial charge in [0.1, 0.15) is 5.84 Å². The lowest BCUT2D eigenvalue weighted by Gasteiger charge is -2.09. The first kappa shape index (κ1) is 15.3. The molecule has 0 aliphatic rings. The zero-order valence-electron chi connectivity index (χ0n) is 10.9. The van der Waals surface area contributed by atoms with Gasteiger partial charge in [0.2, 0.25) is 0 Å². The van der Waals surface area contributed by atoms with Gasteiger partial charge in [0.25, 0.3) is 0 Å². The minimum absolute atomic E-state index is 0.452. The van der Waals surface area contributed by atoms with Crippen LogP contribution in [0, 0.1) is 6.92 Å². The average Bonchev–Trinajstić information content (AvgIpc) is 2.29. The molecular weight excluding hydrogens is 267 g/mol. The molecule has 0 aliphatic heterocycles. The Kier molecular flexibility index (Phi) is 5.93. The van der Waals surface area contributed by atoms with Crippen molar-refractivity contribution in [2.75, 3.05) is 11.1 Å². The highest BCUT2D eigenvalue weighted by atomic mass is 32.7. The lowest BCUT2D eigenvalue weighted by atomic mass is 10.2. The topological polar surface area (TPSA) is 61.7 Å². The number of nitrogens with one attached hydrogen (secondary N) is 1. The van der Waals surface area contributed by atoms with E-state index in [0.29, 0.717) is 11.6 Å². The van der Waals surface area contributed by atoms with Gasteiger partial charge < -0.3 is 10.2 Å². The fraction of sp³-hybridized carbons (Fsp3) is 0.417. The summed E-state index contributed by atoms with van der Waals surface area (Å²) >= 11 is 1.00. The summed E-state index contributed by atoms with van der Waals surface area (Å²) in [7, 11) is 0. The minimum Gasteiger partial charge on any atom is -0.344 e. The van der Waals surface area contributed by atoms with Crippen LogP contribution in [0.15, 0.2) is 29.0 Å². The molecule has 0 fully saturated rings. The van der Waals surface area contributed by atoms with Crippen LogP contribution in [0.25, 0.3) is 0 Å². The number of rotatable bonds is 5. The molecule has 0 aliphatic carbocycles. The molecule has 2 N–H and O–H groups in total. The van der Waals surface area contributed by atoms with E-state index in [9.17, 15) is 9.46 Å². The largest absolute Gasteiger partial charge is 0.370 e. The molecule has 0 bridgehead atoms. The molecule has 18 heavy (non-hydrogen) atoms. The number of anilines is 1. The molecule has 0 aromatic heterocycles. The van der Waals surface area contributed by atoms with Crippen LogP contribution in [0.1, 0.15) is 25.8 Å². The van der Waals surface area contributed by atoms with Crippen LogP contribution in [0.5, 0.6) is 0 Å². The molecule has 0 amide bonds. The van der Waals surface area contributed by atoms with Gasteiger partial charge in [0, 0.05) is 11.4 Å². The van der Waals surface area contributed by atoms with Crippen LogP contribution in [0.2, 0.25) is 0 Å². The molecular formula is C12H19N2O2PS. The van der Waals surface area contributed by atoms with Crippen LogP contribution in [-0.2, 0) is 4.57 Å². The lowest BCUT2D eigenvalue weighted by Crippen LogP contribution is -2.06. The highest BCUT2D eigenvalue weighted by Gasteiger charge is 2.16. The van der Waals surface area contributed by atoms with Gasteiger partial charge in [-0.25, -0.2) is 0 Å². The van der Waals surface area contributed by atoms with E-state index in [0.717, 1.165) is 23.5 Å². The summed E-state index contributed by atoms with van der Waals surface area (Å²) in [6.45, 7) is 2.19. The number of benzene rings is 1. The molecule has 0 radical (unpaired) electrons. The van der Waals surface area contributed by atoms with Crippen LogP contribution in [0.4, 0.5) is 5.69 Å². The molecule has 0 saturated carbocycles. The predicted octanol–water partition coefficient (Wildman–Crippen LogP) is 4.07. The number of nitrogens with zero attached hydrogens (tertiary/aromatic N) is 1. The molecule has 0 heterocycles. The average molecular weight is 286 g/mol. The number of amidine groups is 1. The Morgan fingerprint density at radius 2 is 2.06 bits per heavy atom. The van der Waals surface area contributed by atoms with Gasteiger partial charge in [-0.1, -0.05) is 24.6 Å². The number of hydrogen-bond acceptors (Lipinski definition) is 2. The van der Waals surface area contributed by atoms with E-state index < -0.39 is 6.72 Å². The van der Waals surface area contributed by atoms with E-state index in [4.69, 9.17) is 0 Å². The first-order valence-corrected chi connectivity index (χ1v) is 9.01. The maximum Gasteiger partial charge on any atom is 0.370 e. The maximum atomic E-state index is 11.7. The quantitative estimate of drug-likeness (QED) is 0.486. The van der Waals surface area contributed by atoms with E-state index in [1.807, 2.05) is 38.1 Å². The summed E-state index contributed by atoms with van der Waals surface area (Å²) in [6.07, 6.45) is 0.856. The second kappa shape index (κ2) is 6.98. The highest BCUT2D eigenvalue weighted by molar-refractivity contribution is 8.55. The van der Waals surface area contributed by atoms with Crippen molar-refractivity contribution in [1.82, 2.24) is 0 Å². The van der Waals surface area contributed by atoms with Gasteiger partial charge >= 0.3 is 6.72 Å². The maximum absolute atomic E-state index is 11.7. The van der Waals surface area contributed by atoms with E-state index in [2.05, 4.69) is 10.1 Å². The molecule has 1 unspecified atom stereocenters. The van der Waals surface area contributed by atoms with Crippen molar-refractivity contribution in [1.29, 1.82) is 0 Å². The van der Waals surface area contributed by atoms with Gasteiger partial charge in [0.05, 0.1) is 0 Å². The number of hydrogen-bond donors (Lipinski definition) is 2. The summed E-state index contributed by atoms with van der Waals surface area (Å²) in [4.78, 5) is 9.63. The predicted molar refractivity (Wildman–Crippen MR) is 80.5 cm³/mol. The zero-order valence-corrected chi connectivity index (χ0v) is 12.6. The molecule has 0 spiro atoms. The Hall–Kier alpha value is -0.770. The molecule has 1 atom stereocenters. The summed E-state index contributed by atoms with van der Waals surface area (Å²) in [6, 6.07) is 7.77. The highest BCUT2D eigenvalue weighted by Crippen LogP contribution is 2.56. The Morgan fingerprint density at radius 1 is 1.44 bits per heavy atom. The molecule has 1 aromatic carbocycles. The van der Waals surface area contributed by atoms with Gasteiger partial charge in [-0.2, -0.15) is 4.76 Å². The monoisotopic (exact) mass is 286 g/mol. The zero-order chi connectivity index (χ0) is 13.6. The molecule has 1 rings (SSSR count). The smallest absolute Gasteiger partial charge is 0.344 e. The third-order valence-corrected chi connectivity index (χ3v) is 5.40. The van der Waals surface area contributed by atoms with Crippen LogP contribution >= 0.6 is 18.1 Å². The van der Waals surface area contributed by atoms with Crippen molar-refractivity contribution in [3.05, 3.63) is 29.8 Å². The van der Waals surface area contributed by atoms with Gasteiger partial charge in [-0.3, -0.25) is 4.57 Å². The summed E-state index contributed by atoms with van der Waals surface area (Å²) < 4.78 is 15.6. The van der Waals surface area contributed by atoms with Crippen molar-refractivity contribution in [2.45, 2.75) is 27.2 Å². The first-order chi connectivity index (χ1) is 8.43. The van der Waals surface area contributed by atoms with Gasteiger partial charge in [-0.05, 0) is 43.8 Å². The Bertz CT molecular complexity index is 460. The standard InChI is InChI=1S/C12H19N2O2PS/c1-4-9-18-17(15,16)14-11(3)13-12-7-5-10(2)6-8-12/h5-8H,4,9H2,1-3H3,(H2,13,14,15,16). The summed E-state index contributed by atoms with van der Waals surface area (Å²) in [5.74, 6) is 1.09. The first-order valence-electron chi connectivity index (χ1n) is 5.81. The normalized spacial score (nSPS) is 15.2. The molecule has 100 valence electrons. The van der Waals surface area contributed by atoms with E-state index in [1.54, 1.807) is 6.92 Å². The third-order valence-electron chi connectivity index (χ3n) is 2.12. The van der Waals surface area contributed by atoms with Crippen molar-refractivity contribution in [3.63, 3.8) is 0 Å². The lowest BCUT2D eigenvalue weighted by molar-refractivity contribution is 0.499. The van der Waals surface area contributed by atoms with E-state index in [1.165, 1.54) is 5.56 Å². The SMILES string of the molecule is CCCSP(=O)(O)N=C(C)Nc1ccc(C)cc1. The molecule has 6 heteroatoms. The molecule has 0 saturated heterocycles. The van der Waals surface area contributed by atoms with Gasteiger partial charge in [-0.15, -0.1) is 0 Å². The Balaban J connectivity index is 2.66. The molecule has 4 nitrogen and oxygen atoms in total. The van der Waals surface area contributed by atoms with Gasteiger partial charge in [0.15, 0.2) is 0 Å². The van der Waals surface area contributed by atoms with E-state index in [-0.39, 0.29) is 0 Å². The second-order valence-electron chi connectivity index (χ2n) is 4.00. The second-order valence-corrected chi connectivity index (χ2v) is 8.05. The Labute approximate surface area is 112 Å². The summed E-state index contributed by atoms with van der Waals surface area (Å²) in [5, 5.41) is 3.01. The van der Waals surface area contributed by atoms with Crippen LogP contribution in [-0.4, -0.2) is 16.5 Å². The third kappa shape index (κ3) is 5.71. The van der Waals surface area contributed by atoms with Crippen molar-refractivity contribution >= 4 is 29.6 Å². The Morgan fingerprint density at radius 3 is 2.61 bits per heavy atom. The van der Waals surface area contributed by atoms with Crippen molar-refractivity contribution in [3.8, 4) is 0 Å². The molecule has 1 aromatic rings. The van der Waals surface area contributed by atoms with Crippen molar-refractivity contribution < 1.29 is 9.46 Å². The van der Waals surface area contributed by atoms with Crippen LogP contribution in [0.3, 0.4) is 0 Å². The minimum atomic E-state index is -3.47. The fourth-order valence-corrected chi connectivity index (χ4v) is 4.01. The number of aryl methyl sites for hydroxylation is 1.